The first-order valence-corrected chi connectivity index (χ1v) is 7.72. The van der Waals surface area contributed by atoms with E-state index in [4.69, 9.17) is 5.73 Å². The van der Waals surface area contributed by atoms with Crippen LogP contribution in [0.25, 0.3) is 0 Å². The molecule has 0 unspecified atom stereocenters. The highest BCUT2D eigenvalue weighted by Crippen LogP contribution is 2.19. The normalized spacial score (nSPS) is 10.3. The van der Waals surface area contributed by atoms with Crippen molar-refractivity contribution in [3.63, 3.8) is 0 Å². The van der Waals surface area contributed by atoms with Crippen molar-refractivity contribution in [1.82, 2.24) is 10.3 Å². The molecule has 0 fully saturated rings. The first kappa shape index (κ1) is 16.3. The predicted molar refractivity (Wildman–Crippen MR) is 93.2 cm³/mol. The molecule has 1 aromatic carbocycles. The molecule has 22 heavy (non-hydrogen) atoms. The van der Waals surface area contributed by atoms with Crippen molar-refractivity contribution < 1.29 is 4.79 Å². The van der Waals surface area contributed by atoms with E-state index in [0.29, 0.717) is 17.9 Å². The van der Waals surface area contributed by atoms with E-state index in [1.807, 2.05) is 43.3 Å². The highest BCUT2D eigenvalue weighted by molar-refractivity contribution is 9.10. The van der Waals surface area contributed by atoms with Crippen LogP contribution in [0.4, 0.5) is 11.5 Å². The van der Waals surface area contributed by atoms with Gasteiger partial charge in [0.2, 0.25) is 0 Å². The van der Waals surface area contributed by atoms with Gasteiger partial charge >= 0.3 is 0 Å². The molecule has 6 heteroatoms. The molecule has 5 nitrogen and oxygen atoms in total. The van der Waals surface area contributed by atoms with Crippen molar-refractivity contribution in [1.29, 1.82) is 0 Å². The van der Waals surface area contributed by atoms with Crippen molar-refractivity contribution in [3.8, 4) is 0 Å². The van der Waals surface area contributed by atoms with Gasteiger partial charge in [-0.3, -0.25) is 4.79 Å². The van der Waals surface area contributed by atoms with Crippen LogP contribution in [0.2, 0.25) is 0 Å². The van der Waals surface area contributed by atoms with Gasteiger partial charge in [-0.05, 0) is 46.1 Å². The minimum atomic E-state index is -0.132. The summed E-state index contributed by atoms with van der Waals surface area (Å²) >= 11 is 3.35. The summed E-state index contributed by atoms with van der Waals surface area (Å²) in [4.78, 5) is 18.4. The fourth-order valence-corrected chi connectivity index (χ4v) is 2.39. The lowest BCUT2D eigenvalue weighted by Gasteiger charge is -2.16. The molecule has 0 aliphatic heterocycles. The second-order valence-electron chi connectivity index (χ2n) is 5.17. The van der Waals surface area contributed by atoms with Gasteiger partial charge in [-0.2, -0.15) is 0 Å². The zero-order chi connectivity index (χ0) is 16.1. The quantitative estimate of drug-likeness (QED) is 0.801. The van der Waals surface area contributed by atoms with Crippen molar-refractivity contribution in [2.24, 2.45) is 0 Å². The van der Waals surface area contributed by atoms with Crippen LogP contribution in [0.5, 0.6) is 0 Å². The van der Waals surface area contributed by atoms with Gasteiger partial charge in [-0.25, -0.2) is 4.98 Å². The van der Waals surface area contributed by atoms with Crippen molar-refractivity contribution in [2.75, 3.05) is 31.3 Å². The number of carbonyl (C=O) groups is 1. The van der Waals surface area contributed by atoms with Crippen LogP contribution in [0, 0.1) is 0 Å². The number of rotatable bonds is 5. The Balaban J connectivity index is 2.00. The standard InChI is InChI=1S/C16H19BrN4O/c1-21(2)15-14(9-12(17)10-20-15)16(22)19-8-7-11-3-5-13(18)6-4-11/h3-6,9-10H,7-8,18H2,1-2H3,(H,19,22). The van der Waals surface area contributed by atoms with Gasteiger partial charge in [-0.15, -0.1) is 0 Å². The van der Waals surface area contributed by atoms with E-state index < -0.39 is 0 Å². The average molecular weight is 363 g/mol. The first-order valence-electron chi connectivity index (χ1n) is 6.93. The summed E-state index contributed by atoms with van der Waals surface area (Å²) in [5.74, 6) is 0.515. The maximum absolute atomic E-state index is 12.3. The van der Waals surface area contributed by atoms with Gasteiger partial charge in [0, 0.05) is 37.0 Å². The summed E-state index contributed by atoms with van der Waals surface area (Å²) in [6.45, 7) is 0.558. The fourth-order valence-electron chi connectivity index (χ4n) is 2.06. The van der Waals surface area contributed by atoms with Gasteiger partial charge in [0.15, 0.2) is 0 Å². The van der Waals surface area contributed by atoms with E-state index in [9.17, 15) is 4.79 Å². The Morgan fingerprint density at radius 1 is 1.32 bits per heavy atom. The number of aromatic nitrogens is 1. The first-order chi connectivity index (χ1) is 10.5. The third-order valence-corrected chi connectivity index (χ3v) is 3.61. The van der Waals surface area contributed by atoms with Gasteiger partial charge in [0.1, 0.15) is 5.82 Å². The van der Waals surface area contributed by atoms with Crippen LogP contribution in [-0.4, -0.2) is 31.5 Å². The Labute approximate surface area is 138 Å². The Morgan fingerprint density at radius 2 is 2.00 bits per heavy atom. The van der Waals surface area contributed by atoms with Gasteiger partial charge < -0.3 is 16.0 Å². The Bertz CT molecular complexity index is 656. The number of halogens is 1. The number of nitrogens with zero attached hydrogens (tertiary/aromatic N) is 2. The third-order valence-electron chi connectivity index (χ3n) is 3.18. The molecule has 3 N–H and O–H groups in total. The Morgan fingerprint density at radius 3 is 2.64 bits per heavy atom. The fraction of sp³-hybridized carbons (Fsp3) is 0.250. The van der Waals surface area contributed by atoms with E-state index in [0.717, 1.165) is 22.1 Å². The highest BCUT2D eigenvalue weighted by Gasteiger charge is 2.14. The molecule has 0 bridgehead atoms. The number of hydrogen-bond donors (Lipinski definition) is 2. The molecule has 1 heterocycles. The number of anilines is 2. The van der Waals surface area contributed by atoms with E-state index in [1.54, 1.807) is 12.3 Å². The smallest absolute Gasteiger partial charge is 0.255 e. The molecule has 0 atom stereocenters. The molecule has 0 spiro atoms. The number of benzene rings is 1. The summed E-state index contributed by atoms with van der Waals surface area (Å²) in [6, 6.07) is 9.43. The molecule has 0 saturated heterocycles. The molecular formula is C16H19BrN4O. The van der Waals surface area contributed by atoms with Gasteiger partial charge in [-0.1, -0.05) is 12.1 Å². The zero-order valence-corrected chi connectivity index (χ0v) is 14.2. The molecule has 2 aromatic rings. The van der Waals surface area contributed by atoms with Crippen LogP contribution in [0.1, 0.15) is 15.9 Å². The summed E-state index contributed by atoms with van der Waals surface area (Å²) < 4.78 is 0.779. The average Bonchev–Trinajstić information content (AvgIpc) is 2.48. The lowest BCUT2D eigenvalue weighted by molar-refractivity contribution is 0.0954. The minimum Gasteiger partial charge on any atom is -0.399 e. The number of amides is 1. The van der Waals surface area contributed by atoms with Crippen LogP contribution >= 0.6 is 15.9 Å². The van der Waals surface area contributed by atoms with E-state index in [-0.39, 0.29) is 5.91 Å². The van der Waals surface area contributed by atoms with Crippen LogP contribution in [0.3, 0.4) is 0 Å². The Kier molecular flexibility index (Phi) is 5.38. The second-order valence-corrected chi connectivity index (χ2v) is 6.08. The van der Waals surface area contributed by atoms with Crippen molar-refractivity contribution in [2.45, 2.75) is 6.42 Å². The third kappa shape index (κ3) is 4.21. The molecule has 0 radical (unpaired) electrons. The van der Waals surface area contributed by atoms with E-state index >= 15 is 0 Å². The zero-order valence-electron chi connectivity index (χ0n) is 12.6. The number of carbonyl (C=O) groups excluding carboxylic acids is 1. The van der Waals surface area contributed by atoms with Crippen molar-refractivity contribution >= 4 is 33.3 Å². The minimum absolute atomic E-state index is 0.132. The molecule has 116 valence electrons. The maximum Gasteiger partial charge on any atom is 0.255 e. The van der Waals surface area contributed by atoms with Crippen LogP contribution in [-0.2, 0) is 6.42 Å². The monoisotopic (exact) mass is 362 g/mol. The number of hydrogen-bond acceptors (Lipinski definition) is 4. The van der Waals surface area contributed by atoms with Gasteiger partial charge in [0.05, 0.1) is 5.56 Å². The molecule has 2 rings (SSSR count). The summed E-state index contributed by atoms with van der Waals surface area (Å²) in [6.07, 6.45) is 2.44. The molecule has 1 amide bonds. The SMILES string of the molecule is CN(C)c1ncc(Br)cc1C(=O)NCCc1ccc(N)cc1. The van der Waals surface area contributed by atoms with E-state index in [1.165, 1.54) is 0 Å². The summed E-state index contributed by atoms with van der Waals surface area (Å²) in [5, 5.41) is 2.93. The Hall–Kier alpha value is -2.08. The molecule has 1 aromatic heterocycles. The predicted octanol–water partition coefficient (Wildman–Crippen LogP) is 2.46. The largest absolute Gasteiger partial charge is 0.399 e. The van der Waals surface area contributed by atoms with Crippen LogP contribution in [0.15, 0.2) is 41.0 Å². The molecule has 0 aliphatic carbocycles. The number of nitrogens with one attached hydrogen (secondary N) is 1. The second kappa shape index (κ2) is 7.26. The number of pyridine rings is 1. The molecule has 0 saturated carbocycles. The summed E-state index contributed by atoms with van der Waals surface area (Å²) in [5.41, 5.74) is 8.08. The number of nitrogens with two attached hydrogens (primary N) is 1. The lowest BCUT2D eigenvalue weighted by Crippen LogP contribution is -2.28. The maximum atomic E-state index is 12.3. The highest BCUT2D eigenvalue weighted by atomic mass is 79.9. The van der Waals surface area contributed by atoms with Crippen molar-refractivity contribution in [3.05, 3.63) is 52.1 Å². The van der Waals surface area contributed by atoms with Gasteiger partial charge in [0.25, 0.3) is 5.91 Å². The van der Waals surface area contributed by atoms with E-state index in [2.05, 4.69) is 26.2 Å². The lowest BCUT2D eigenvalue weighted by atomic mass is 10.1. The van der Waals surface area contributed by atoms with Crippen LogP contribution < -0.4 is 16.0 Å². The molecular weight excluding hydrogens is 344 g/mol. The molecule has 0 aliphatic rings. The number of nitrogen functional groups attached to an aromatic ring is 1. The summed E-state index contributed by atoms with van der Waals surface area (Å²) in [7, 11) is 3.72. The topological polar surface area (TPSA) is 71.2 Å².